The second-order valence-electron chi connectivity index (χ2n) is 5.90. The van der Waals surface area contributed by atoms with Gasteiger partial charge in [-0.05, 0) is 48.0 Å². The van der Waals surface area contributed by atoms with Gasteiger partial charge in [-0.15, -0.1) is 11.3 Å². The molecular weight excluding hydrogens is 426 g/mol. The number of hydrogen-bond acceptors (Lipinski definition) is 7. The summed E-state index contributed by atoms with van der Waals surface area (Å²) < 4.78 is 37.5. The Bertz CT molecular complexity index is 1140. The van der Waals surface area contributed by atoms with Crippen molar-refractivity contribution in [1.29, 1.82) is 0 Å². The predicted octanol–water partition coefficient (Wildman–Crippen LogP) is 3.61. The third-order valence-corrected chi connectivity index (χ3v) is 6.09. The molecule has 0 aliphatic rings. The van der Waals surface area contributed by atoms with Crippen LogP contribution in [0.2, 0.25) is 0 Å². The van der Waals surface area contributed by atoms with Crippen LogP contribution in [0.15, 0.2) is 65.0 Å². The van der Waals surface area contributed by atoms with E-state index in [2.05, 4.69) is 15.0 Å². The average Bonchev–Trinajstić information content (AvgIpc) is 3.24. The molecule has 156 valence electrons. The lowest BCUT2D eigenvalue weighted by Crippen LogP contribution is -2.13. The Morgan fingerprint density at radius 3 is 2.43 bits per heavy atom. The number of amides is 1. The number of ether oxygens (including phenoxy) is 2. The Hall–Kier alpha value is -3.37. The number of methoxy groups -OCH3 is 2. The quantitative estimate of drug-likeness (QED) is 0.513. The van der Waals surface area contributed by atoms with Crippen LogP contribution in [0, 0.1) is 0 Å². The second kappa shape index (κ2) is 9.42. The summed E-state index contributed by atoms with van der Waals surface area (Å²) in [5.74, 6) is 0.794. The zero-order valence-corrected chi connectivity index (χ0v) is 17.8. The normalized spacial score (nSPS) is 11.3. The molecule has 0 saturated heterocycles. The van der Waals surface area contributed by atoms with E-state index in [0.29, 0.717) is 17.2 Å². The van der Waals surface area contributed by atoms with Gasteiger partial charge >= 0.3 is 0 Å². The Morgan fingerprint density at radius 2 is 1.80 bits per heavy atom. The zero-order chi connectivity index (χ0) is 21.6. The highest BCUT2D eigenvalue weighted by Gasteiger charge is 2.15. The number of nitrogens with zero attached hydrogens (tertiary/aromatic N) is 1. The molecule has 0 fully saturated rings. The van der Waals surface area contributed by atoms with Crippen molar-refractivity contribution in [2.45, 2.75) is 4.90 Å². The minimum atomic E-state index is -3.74. The fraction of sp³-hybridized carbons (Fsp3) is 0.100. The highest BCUT2D eigenvalue weighted by atomic mass is 32.2. The molecule has 30 heavy (non-hydrogen) atoms. The van der Waals surface area contributed by atoms with Gasteiger partial charge in [0.15, 0.2) is 16.6 Å². The summed E-state index contributed by atoms with van der Waals surface area (Å²) in [6, 6.07) is 11.1. The molecule has 0 atom stereocenters. The van der Waals surface area contributed by atoms with Gasteiger partial charge in [0, 0.05) is 23.3 Å². The number of thiazole rings is 1. The number of anilines is 2. The first-order valence-electron chi connectivity index (χ1n) is 8.65. The molecule has 10 heteroatoms. The number of nitrogens with one attached hydrogen (secondary N) is 2. The summed E-state index contributed by atoms with van der Waals surface area (Å²) in [7, 11) is -0.654. The van der Waals surface area contributed by atoms with Crippen LogP contribution in [-0.4, -0.2) is 33.5 Å². The number of benzene rings is 2. The van der Waals surface area contributed by atoms with Crippen LogP contribution in [0.1, 0.15) is 5.56 Å². The summed E-state index contributed by atoms with van der Waals surface area (Å²) in [5, 5.41) is 4.64. The minimum Gasteiger partial charge on any atom is -0.493 e. The predicted molar refractivity (Wildman–Crippen MR) is 117 cm³/mol. The van der Waals surface area contributed by atoms with E-state index in [1.807, 2.05) is 0 Å². The molecule has 0 aliphatic carbocycles. The Balaban J connectivity index is 1.64. The average molecular weight is 446 g/mol. The third kappa shape index (κ3) is 5.37. The van der Waals surface area contributed by atoms with Crippen LogP contribution >= 0.6 is 11.3 Å². The summed E-state index contributed by atoms with van der Waals surface area (Å²) in [6.07, 6.45) is 4.51. The van der Waals surface area contributed by atoms with E-state index in [1.54, 1.807) is 36.8 Å². The maximum atomic E-state index is 12.3. The van der Waals surface area contributed by atoms with Crippen LogP contribution in [-0.2, 0) is 14.8 Å². The standard InChI is InChI=1S/C20H19N3O5S2/c1-27-17-9-3-14(13-18(17)28-2)4-10-19(24)22-15-5-7-16(8-6-15)30(25,26)23-20-21-11-12-29-20/h3-13H,1-2H3,(H,21,23)(H,22,24)/b10-4+. The SMILES string of the molecule is COc1ccc(/C=C/C(=O)Nc2ccc(S(=O)(=O)Nc3nccs3)cc2)cc1OC. The Morgan fingerprint density at radius 1 is 1.07 bits per heavy atom. The first-order chi connectivity index (χ1) is 14.4. The van der Waals surface area contributed by atoms with E-state index < -0.39 is 10.0 Å². The van der Waals surface area contributed by atoms with Crippen molar-refractivity contribution in [3.8, 4) is 11.5 Å². The molecule has 1 amide bonds. The van der Waals surface area contributed by atoms with Gasteiger partial charge in [-0.25, -0.2) is 13.4 Å². The fourth-order valence-electron chi connectivity index (χ4n) is 2.48. The van der Waals surface area contributed by atoms with Gasteiger partial charge in [-0.3, -0.25) is 9.52 Å². The summed E-state index contributed by atoms with van der Waals surface area (Å²) in [5.41, 5.74) is 1.22. The largest absolute Gasteiger partial charge is 0.493 e. The van der Waals surface area contributed by atoms with E-state index in [0.717, 1.165) is 5.56 Å². The molecule has 0 unspecified atom stereocenters. The smallest absolute Gasteiger partial charge is 0.263 e. The van der Waals surface area contributed by atoms with Gasteiger partial charge in [0.25, 0.3) is 10.0 Å². The molecule has 3 rings (SSSR count). The monoisotopic (exact) mass is 445 g/mol. The number of carbonyl (C=O) groups is 1. The number of carbonyl (C=O) groups excluding carboxylic acids is 1. The molecule has 3 aromatic rings. The highest BCUT2D eigenvalue weighted by molar-refractivity contribution is 7.93. The topological polar surface area (TPSA) is 107 Å². The molecule has 0 saturated carbocycles. The number of sulfonamides is 1. The Kier molecular flexibility index (Phi) is 6.70. The number of rotatable bonds is 8. The van der Waals surface area contributed by atoms with Crippen molar-refractivity contribution in [2.24, 2.45) is 0 Å². The maximum Gasteiger partial charge on any atom is 0.263 e. The van der Waals surface area contributed by atoms with Gasteiger partial charge in [-0.1, -0.05) is 6.07 Å². The number of hydrogen-bond donors (Lipinski definition) is 2. The summed E-state index contributed by atoms with van der Waals surface area (Å²) >= 11 is 1.18. The lowest BCUT2D eigenvalue weighted by molar-refractivity contribution is -0.111. The Labute approximate surface area is 178 Å². The maximum absolute atomic E-state index is 12.3. The van der Waals surface area contributed by atoms with E-state index in [-0.39, 0.29) is 15.9 Å². The molecule has 2 aromatic carbocycles. The molecule has 1 heterocycles. The molecule has 8 nitrogen and oxygen atoms in total. The molecule has 2 N–H and O–H groups in total. The first kappa shape index (κ1) is 21.3. The lowest BCUT2D eigenvalue weighted by atomic mass is 10.2. The van der Waals surface area contributed by atoms with Crippen molar-refractivity contribution >= 4 is 44.2 Å². The molecular formula is C20H19N3O5S2. The van der Waals surface area contributed by atoms with Crippen LogP contribution in [0.5, 0.6) is 11.5 Å². The van der Waals surface area contributed by atoms with Crippen molar-refractivity contribution in [3.05, 3.63) is 65.7 Å². The minimum absolute atomic E-state index is 0.0663. The molecule has 1 aromatic heterocycles. The van der Waals surface area contributed by atoms with Crippen molar-refractivity contribution in [3.63, 3.8) is 0 Å². The molecule has 0 aliphatic heterocycles. The van der Waals surface area contributed by atoms with E-state index >= 15 is 0 Å². The number of aromatic nitrogens is 1. The summed E-state index contributed by atoms with van der Waals surface area (Å²) in [6.45, 7) is 0. The van der Waals surface area contributed by atoms with Gasteiger partial charge in [-0.2, -0.15) is 0 Å². The lowest BCUT2D eigenvalue weighted by Gasteiger charge is -2.08. The van der Waals surface area contributed by atoms with Crippen LogP contribution in [0.3, 0.4) is 0 Å². The third-order valence-electron chi connectivity index (χ3n) is 3.92. The van der Waals surface area contributed by atoms with Crippen molar-refractivity contribution in [1.82, 2.24) is 4.98 Å². The van der Waals surface area contributed by atoms with Crippen LogP contribution in [0.4, 0.5) is 10.8 Å². The van der Waals surface area contributed by atoms with Crippen LogP contribution in [0.25, 0.3) is 6.08 Å². The second-order valence-corrected chi connectivity index (χ2v) is 8.48. The van der Waals surface area contributed by atoms with Crippen LogP contribution < -0.4 is 19.5 Å². The van der Waals surface area contributed by atoms with E-state index in [9.17, 15) is 13.2 Å². The van der Waals surface area contributed by atoms with Crippen molar-refractivity contribution < 1.29 is 22.7 Å². The molecule has 0 radical (unpaired) electrons. The summed E-state index contributed by atoms with van der Waals surface area (Å²) in [4.78, 5) is 16.1. The zero-order valence-electron chi connectivity index (χ0n) is 16.2. The highest BCUT2D eigenvalue weighted by Crippen LogP contribution is 2.28. The van der Waals surface area contributed by atoms with Gasteiger partial charge in [0.2, 0.25) is 5.91 Å². The van der Waals surface area contributed by atoms with Gasteiger partial charge in [0.1, 0.15) is 0 Å². The van der Waals surface area contributed by atoms with E-state index in [4.69, 9.17) is 9.47 Å². The van der Waals surface area contributed by atoms with Crippen molar-refractivity contribution in [2.75, 3.05) is 24.3 Å². The molecule has 0 bridgehead atoms. The van der Waals surface area contributed by atoms with E-state index in [1.165, 1.54) is 55.0 Å². The van der Waals surface area contributed by atoms with Gasteiger partial charge in [0.05, 0.1) is 19.1 Å². The van der Waals surface area contributed by atoms with Gasteiger partial charge < -0.3 is 14.8 Å². The molecule has 0 spiro atoms. The first-order valence-corrected chi connectivity index (χ1v) is 11.0. The fourth-order valence-corrected chi connectivity index (χ4v) is 4.27.